The normalized spacial score (nSPS) is 11.9. The number of hydrogen-bond acceptors (Lipinski definition) is 2. The van der Waals surface area contributed by atoms with Crippen molar-refractivity contribution in [3.05, 3.63) is 35.0 Å². The Morgan fingerprint density at radius 2 is 2.20 bits per heavy atom. The summed E-state index contributed by atoms with van der Waals surface area (Å²) in [5, 5.41) is 0.796. The molecule has 2 nitrogen and oxygen atoms in total. The summed E-state index contributed by atoms with van der Waals surface area (Å²) in [6, 6.07) is 1.78. The van der Waals surface area contributed by atoms with Crippen molar-refractivity contribution >= 4 is 29.6 Å². The first-order valence-electron chi connectivity index (χ1n) is 4.79. The molecule has 0 aliphatic rings. The molecular weight excluding hydrogens is 208 g/mol. The van der Waals surface area contributed by atoms with Gasteiger partial charge in [0.05, 0.1) is 0 Å². The van der Waals surface area contributed by atoms with E-state index < -0.39 is 0 Å². The Labute approximate surface area is 95.5 Å². The highest BCUT2D eigenvalue weighted by Crippen LogP contribution is 2.21. The van der Waals surface area contributed by atoms with E-state index in [0.717, 1.165) is 16.2 Å². The highest BCUT2D eigenvalue weighted by atomic mass is 35.5. The molecule has 0 aliphatic heterocycles. The number of nitrogens with two attached hydrogens (primary N) is 1. The van der Waals surface area contributed by atoms with Gasteiger partial charge in [0.1, 0.15) is 5.82 Å². The molecule has 0 amide bonds. The molecule has 0 fully saturated rings. The number of allylic oxidation sites excluding steroid dienone is 1. The Morgan fingerprint density at radius 3 is 2.73 bits per heavy atom. The van der Waals surface area contributed by atoms with Crippen molar-refractivity contribution in [3.63, 3.8) is 0 Å². The largest absolute Gasteiger partial charge is 0.384 e. The molecule has 0 saturated heterocycles. The van der Waals surface area contributed by atoms with Gasteiger partial charge in [-0.05, 0) is 23.6 Å². The molecule has 0 aromatic carbocycles. The van der Waals surface area contributed by atoms with Gasteiger partial charge < -0.3 is 5.73 Å². The van der Waals surface area contributed by atoms with Gasteiger partial charge in [-0.3, -0.25) is 0 Å². The highest BCUT2D eigenvalue weighted by molar-refractivity contribution is 6.31. The lowest BCUT2D eigenvalue weighted by atomic mass is 10.1. The fourth-order valence-corrected chi connectivity index (χ4v) is 1.23. The predicted molar refractivity (Wildman–Crippen MR) is 67.4 cm³/mol. The lowest BCUT2D eigenvalue weighted by molar-refractivity contribution is 0.818. The molecule has 0 unspecified atom stereocenters. The van der Waals surface area contributed by atoms with E-state index in [1.54, 1.807) is 18.3 Å². The maximum Gasteiger partial charge on any atom is 0.123 e. The van der Waals surface area contributed by atoms with E-state index in [1.165, 1.54) is 0 Å². The third kappa shape index (κ3) is 3.10. The first-order valence-corrected chi connectivity index (χ1v) is 5.17. The second-order valence-corrected chi connectivity index (χ2v) is 4.06. The van der Waals surface area contributed by atoms with Crippen LogP contribution in [0.5, 0.6) is 0 Å². The summed E-state index contributed by atoms with van der Waals surface area (Å²) in [6.45, 7) is 7.81. The van der Waals surface area contributed by atoms with E-state index >= 15 is 0 Å². The van der Waals surface area contributed by atoms with Crippen LogP contribution in [0.3, 0.4) is 0 Å². The lowest BCUT2D eigenvalue weighted by Gasteiger charge is -2.05. The molecule has 1 heterocycles. The van der Waals surface area contributed by atoms with Crippen molar-refractivity contribution in [2.45, 2.75) is 13.8 Å². The summed E-state index contributed by atoms with van der Waals surface area (Å²) in [4.78, 5) is 4.03. The second kappa shape index (κ2) is 4.99. The molecular formula is C12H15ClN2. The minimum absolute atomic E-state index is 0.307. The molecule has 3 heteroatoms. The number of nitrogens with zero attached hydrogens (tertiary/aromatic N) is 1. The van der Waals surface area contributed by atoms with Gasteiger partial charge in [-0.25, -0.2) is 4.98 Å². The molecule has 1 aromatic heterocycles. The van der Waals surface area contributed by atoms with Crippen molar-refractivity contribution < 1.29 is 0 Å². The quantitative estimate of drug-likeness (QED) is 0.850. The average molecular weight is 223 g/mol. The van der Waals surface area contributed by atoms with E-state index in [-0.39, 0.29) is 0 Å². The summed E-state index contributed by atoms with van der Waals surface area (Å²) < 4.78 is 0. The predicted octanol–water partition coefficient (Wildman–Crippen LogP) is 3.54. The van der Waals surface area contributed by atoms with Crippen molar-refractivity contribution in [3.8, 4) is 0 Å². The fourth-order valence-electron chi connectivity index (χ4n) is 1.11. The molecule has 0 aliphatic carbocycles. The van der Waals surface area contributed by atoms with Gasteiger partial charge in [0.25, 0.3) is 0 Å². The van der Waals surface area contributed by atoms with E-state index in [0.29, 0.717) is 11.7 Å². The number of pyridine rings is 1. The Morgan fingerprint density at radius 1 is 1.53 bits per heavy atom. The smallest absolute Gasteiger partial charge is 0.123 e. The van der Waals surface area contributed by atoms with E-state index in [4.69, 9.17) is 17.3 Å². The molecule has 0 spiro atoms. The van der Waals surface area contributed by atoms with Crippen LogP contribution in [0.2, 0.25) is 0 Å². The minimum atomic E-state index is 0.307. The van der Waals surface area contributed by atoms with Gasteiger partial charge >= 0.3 is 0 Å². The van der Waals surface area contributed by atoms with E-state index in [2.05, 4.69) is 11.6 Å². The van der Waals surface area contributed by atoms with Gasteiger partial charge in [-0.2, -0.15) is 0 Å². The first kappa shape index (κ1) is 11.8. The maximum atomic E-state index is 6.09. The number of hydrogen-bond donors (Lipinski definition) is 1. The monoisotopic (exact) mass is 222 g/mol. The van der Waals surface area contributed by atoms with Crippen molar-refractivity contribution in [2.24, 2.45) is 5.92 Å². The van der Waals surface area contributed by atoms with Crippen LogP contribution in [0.1, 0.15) is 25.0 Å². The summed E-state index contributed by atoms with van der Waals surface area (Å²) in [5.74, 6) is 0.796. The Kier molecular flexibility index (Phi) is 3.92. The third-order valence-corrected chi connectivity index (χ3v) is 2.60. The van der Waals surface area contributed by atoms with Gasteiger partial charge in [-0.15, -0.1) is 0 Å². The van der Waals surface area contributed by atoms with E-state index in [9.17, 15) is 0 Å². The summed E-state index contributed by atoms with van der Waals surface area (Å²) in [7, 11) is 0. The molecule has 0 saturated carbocycles. The van der Waals surface area contributed by atoms with Gasteiger partial charge in [0.15, 0.2) is 0 Å². The molecule has 1 aromatic rings. The fraction of sp³-hybridized carbons (Fsp3) is 0.250. The van der Waals surface area contributed by atoms with Gasteiger partial charge in [0.2, 0.25) is 0 Å². The van der Waals surface area contributed by atoms with Crippen LogP contribution in [-0.4, -0.2) is 4.98 Å². The number of aromatic nitrogens is 1. The van der Waals surface area contributed by atoms with E-state index in [1.807, 2.05) is 19.9 Å². The number of rotatable bonds is 3. The highest BCUT2D eigenvalue weighted by Gasteiger charge is 2.02. The van der Waals surface area contributed by atoms with Crippen molar-refractivity contribution in [1.82, 2.24) is 4.98 Å². The zero-order valence-electron chi connectivity index (χ0n) is 9.00. The van der Waals surface area contributed by atoms with Crippen LogP contribution in [0.25, 0.3) is 12.2 Å². The summed E-state index contributed by atoms with van der Waals surface area (Å²) in [6.07, 6.45) is 5.35. The minimum Gasteiger partial charge on any atom is -0.384 e. The molecule has 15 heavy (non-hydrogen) atoms. The van der Waals surface area contributed by atoms with Crippen LogP contribution >= 0.6 is 11.6 Å². The number of nitrogen functional groups attached to an aromatic ring is 1. The van der Waals surface area contributed by atoms with Crippen molar-refractivity contribution in [1.29, 1.82) is 0 Å². The van der Waals surface area contributed by atoms with Gasteiger partial charge in [0, 0.05) is 16.8 Å². The standard InChI is InChI=1S/C12H15ClN2/c1-4-9-6-12(14)15-7-10(9)5-11(13)8(2)3/h4-8H,1H2,2-3H3,(H2,14,15)/b11-5+. The van der Waals surface area contributed by atoms with Crippen LogP contribution < -0.4 is 5.73 Å². The molecule has 0 radical (unpaired) electrons. The second-order valence-electron chi connectivity index (χ2n) is 3.63. The zero-order chi connectivity index (χ0) is 11.4. The average Bonchev–Trinajstić information content (AvgIpc) is 2.20. The zero-order valence-corrected chi connectivity index (χ0v) is 9.75. The summed E-state index contributed by atoms with van der Waals surface area (Å²) >= 11 is 6.09. The third-order valence-electron chi connectivity index (χ3n) is 2.05. The Balaban J connectivity index is 3.15. The Bertz CT molecular complexity index is 395. The SMILES string of the molecule is C=Cc1cc(N)ncc1/C=C(/Cl)C(C)C. The molecule has 80 valence electrons. The molecule has 0 atom stereocenters. The first-order chi connectivity index (χ1) is 7.04. The van der Waals surface area contributed by atoms with Crippen molar-refractivity contribution in [2.75, 3.05) is 5.73 Å². The van der Waals surface area contributed by atoms with Crippen LogP contribution in [0.4, 0.5) is 5.82 Å². The lowest BCUT2D eigenvalue weighted by Crippen LogP contribution is -1.93. The molecule has 0 bridgehead atoms. The number of halogens is 1. The van der Waals surface area contributed by atoms with Crippen LogP contribution in [0.15, 0.2) is 23.9 Å². The van der Waals surface area contributed by atoms with Crippen LogP contribution in [-0.2, 0) is 0 Å². The molecule has 1 rings (SSSR count). The number of anilines is 1. The Hall–Kier alpha value is -1.28. The van der Waals surface area contributed by atoms with Crippen LogP contribution in [0, 0.1) is 5.92 Å². The van der Waals surface area contributed by atoms with Gasteiger partial charge in [-0.1, -0.05) is 38.1 Å². The summed E-state index contributed by atoms with van der Waals surface area (Å²) in [5.41, 5.74) is 7.47. The topological polar surface area (TPSA) is 38.9 Å². The maximum absolute atomic E-state index is 6.09. The molecule has 2 N–H and O–H groups in total.